The molecule has 9 heteroatoms. The van der Waals surface area contributed by atoms with Gasteiger partial charge in [-0.3, -0.25) is 14.4 Å². The van der Waals surface area contributed by atoms with Crippen LogP contribution in [0.4, 0.5) is 0 Å². The number of carbonyl (C=O) groups is 2. The minimum Gasteiger partial charge on any atom is -0.454 e. The molecule has 0 radical (unpaired) electrons. The second kappa shape index (κ2) is 9.82. The molecule has 4 rings (SSSR count). The number of nitrogens with one attached hydrogen (secondary N) is 2. The number of aromatic nitrogens is 1. The molecular formula is C24H31N3O6. The van der Waals surface area contributed by atoms with Crippen molar-refractivity contribution in [1.82, 2.24) is 15.2 Å². The van der Waals surface area contributed by atoms with Crippen molar-refractivity contribution in [2.75, 3.05) is 19.9 Å². The largest absolute Gasteiger partial charge is 0.454 e. The van der Waals surface area contributed by atoms with E-state index in [1.54, 1.807) is 18.3 Å². The molecule has 1 fully saturated rings. The van der Waals surface area contributed by atoms with Crippen molar-refractivity contribution in [3.63, 3.8) is 0 Å². The number of hydrogen-bond acceptors (Lipinski definition) is 6. The third kappa shape index (κ3) is 4.68. The van der Waals surface area contributed by atoms with Gasteiger partial charge in [0.05, 0.1) is 17.0 Å². The van der Waals surface area contributed by atoms with E-state index in [0.717, 1.165) is 12.8 Å². The van der Waals surface area contributed by atoms with Crippen LogP contribution in [0.1, 0.15) is 50.4 Å². The fourth-order valence-electron chi connectivity index (χ4n) is 4.25. The first kappa shape index (κ1) is 23.1. The van der Waals surface area contributed by atoms with E-state index >= 15 is 0 Å². The number of hydrogen-bond donors (Lipinski definition) is 2. The molecule has 1 aromatic carbocycles. The molecule has 2 N–H and O–H groups in total. The summed E-state index contributed by atoms with van der Waals surface area (Å²) >= 11 is 0. The van der Waals surface area contributed by atoms with Gasteiger partial charge in [-0.2, -0.15) is 0 Å². The van der Waals surface area contributed by atoms with Gasteiger partial charge in [0.15, 0.2) is 11.5 Å². The van der Waals surface area contributed by atoms with Gasteiger partial charge in [0.2, 0.25) is 18.1 Å². The van der Waals surface area contributed by atoms with Crippen molar-refractivity contribution in [2.45, 2.75) is 58.7 Å². The smallest absolute Gasteiger partial charge is 0.257 e. The standard InChI is InChI=1S/C24H31N3O6/c1-4-14(3)21(24(30)25-11-15-7-6-8-31-15)26-23(29)17-12-27(5-2)18-10-20-19(32-13-33-20)9-16(18)22(17)28/h9-10,12,14-15,21H,4-8,11,13H2,1-3H3,(H,25,30)(H,26,29)/t14-,15+,21-/m0/s1. The molecule has 0 unspecified atom stereocenters. The number of amides is 2. The summed E-state index contributed by atoms with van der Waals surface area (Å²) in [7, 11) is 0. The number of aryl methyl sites for hydroxylation is 1. The van der Waals surface area contributed by atoms with Crippen LogP contribution in [0.15, 0.2) is 23.1 Å². The molecule has 33 heavy (non-hydrogen) atoms. The molecule has 0 bridgehead atoms. The third-order valence-corrected chi connectivity index (χ3v) is 6.47. The van der Waals surface area contributed by atoms with Crippen molar-refractivity contribution in [2.24, 2.45) is 5.92 Å². The minimum atomic E-state index is -0.758. The summed E-state index contributed by atoms with van der Waals surface area (Å²) in [6, 6.07) is 2.61. The number of carbonyl (C=O) groups excluding carboxylic acids is 2. The van der Waals surface area contributed by atoms with E-state index in [4.69, 9.17) is 14.2 Å². The van der Waals surface area contributed by atoms with Crippen LogP contribution >= 0.6 is 0 Å². The van der Waals surface area contributed by atoms with Crippen LogP contribution in [0.2, 0.25) is 0 Å². The molecule has 2 amide bonds. The lowest BCUT2D eigenvalue weighted by molar-refractivity contribution is -0.124. The van der Waals surface area contributed by atoms with Crippen molar-refractivity contribution < 1.29 is 23.8 Å². The van der Waals surface area contributed by atoms with E-state index in [1.807, 2.05) is 25.3 Å². The first-order valence-electron chi connectivity index (χ1n) is 11.6. The molecule has 178 valence electrons. The molecule has 1 saturated heterocycles. The fraction of sp³-hybridized carbons (Fsp3) is 0.542. The van der Waals surface area contributed by atoms with Crippen LogP contribution in [0.5, 0.6) is 11.5 Å². The van der Waals surface area contributed by atoms with Crippen LogP contribution in [0, 0.1) is 5.92 Å². The Morgan fingerprint density at radius 3 is 2.64 bits per heavy atom. The Hall–Kier alpha value is -3.07. The van der Waals surface area contributed by atoms with Gasteiger partial charge in [-0.15, -0.1) is 0 Å². The predicted molar refractivity (Wildman–Crippen MR) is 123 cm³/mol. The highest BCUT2D eigenvalue weighted by molar-refractivity contribution is 6.00. The number of pyridine rings is 1. The molecule has 0 spiro atoms. The Kier molecular flexibility index (Phi) is 6.88. The first-order valence-corrected chi connectivity index (χ1v) is 11.6. The highest BCUT2D eigenvalue weighted by Gasteiger charge is 2.29. The monoisotopic (exact) mass is 457 g/mol. The van der Waals surface area contributed by atoms with Crippen LogP contribution in [0.25, 0.3) is 10.9 Å². The Morgan fingerprint density at radius 1 is 1.21 bits per heavy atom. The van der Waals surface area contributed by atoms with E-state index in [2.05, 4.69) is 10.6 Å². The Morgan fingerprint density at radius 2 is 1.97 bits per heavy atom. The Bertz CT molecular complexity index is 1110. The molecule has 2 aliphatic rings. The Balaban J connectivity index is 1.60. The SMILES string of the molecule is CC[C@H](C)[C@H](NC(=O)c1cn(CC)c2cc3c(cc2c1=O)OCO3)C(=O)NC[C@H]1CCCO1. The maximum absolute atomic E-state index is 13.2. The second-order valence-corrected chi connectivity index (χ2v) is 8.60. The molecule has 3 heterocycles. The highest BCUT2D eigenvalue weighted by atomic mass is 16.7. The number of fused-ring (bicyclic) bond motifs is 2. The summed E-state index contributed by atoms with van der Waals surface area (Å²) in [6.45, 7) is 7.55. The van der Waals surface area contributed by atoms with Crippen LogP contribution < -0.4 is 25.5 Å². The van der Waals surface area contributed by atoms with E-state index in [-0.39, 0.29) is 30.3 Å². The van der Waals surface area contributed by atoms with Crippen molar-refractivity contribution in [3.8, 4) is 11.5 Å². The average molecular weight is 458 g/mol. The maximum Gasteiger partial charge on any atom is 0.257 e. The lowest BCUT2D eigenvalue weighted by Gasteiger charge is -2.24. The average Bonchev–Trinajstić information content (AvgIpc) is 3.51. The molecular weight excluding hydrogens is 426 g/mol. The maximum atomic E-state index is 13.2. The van der Waals surface area contributed by atoms with Gasteiger partial charge >= 0.3 is 0 Å². The zero-order chi connectivity index (χ0) is 23.5. The Labute approximate surface area is 192 Å². The fourth-order valence-corrected chi connectivity index (χ4v) is 4.25. The van der Waals surface area contributed by atoms with Gasteiger partial charge in [0.25, 0.3) is 5.91 Å². The summed E-state index contributed by atoms with van der Waals surface area (Å²) < 4.78 is 18.2. The zero-order valence-electron chi connectivity index (χ0n) is 19.3. The summed E-state index contributed by atoms with van der Waals surface area (Å²) in [5.74, 6) is 0.0977. The molecule has 0 aliphatic carbocycles. The molecule has 1 aromatic heterocycles. The number of nitrogens with zero attached hydrogens (tertiary/aromatic N) is 1. The van der Waals surface area contributed by atoms with Gasteiger partial charge in [0, 0.05) is 32.0 Å². The number of rotatable bonds is 8. The lowest BCUT2D eigenvalue weighted by Crippen LogP contribution is -2.52. The van der Waals surface area contributed by atoms with E-state index < -0.39 is 17.4 Å². The van der Waals surface area contributed by atoms with Gasteiger partial charge in [0.1, 0.15) is 11.6 Å². The van der Waals surface area contributed by atoms with E-state index in [9.17, 15) is 14.4 Å². The number of ether oxygens (including phenoxy) is 3. The van der Waals surface area contributed by atoms with Gasteiger partial charge in [-0.05, 0) is 31.7 Å². The molecule has 2 aromatic rings. The third-order valence-electron chi connectivity index (χ3n) is 6.47. The quantitative estimate of drug-likeness (QED) is 0.629. The van der Waals surface area contributed by atoms with Crippen molar-refractivity contribution in [1.29, 1.82) is 0 Å². The summed E-state index contributed by atoms with van der Waals surface area (Å²) in [4.78, 5) is 39.4. The van der Waals surface area contributed by atoms with Gasteiger partial charge in [-0.25, -0.2) is 0 Å². The lowest BCUT2D eigenvalue weighted by atomic mass is 9.97. The highest BCUT2D eigenvalue weighted by Crippen LogP contribution is 2.35. The number of benzene rings is 1. The normalized spacial score (nSPS) is 18.8. The van der Waals surface area contributed by atoms with Crippen LogP contribution in [0.3, 0.4) is 0 Å². The van der Waals surface area contributed by atoms with Gasteiger partial charge < -0.3 is 29.4 Å². The summed E-state index contributed by atoms with van der Waals surface area (Å²) in [6.07, 6.45) is 4.14. The second-order valence-electron chi connectivity index (χ2n) is 8.60. The summed E-state index contributed by atoms with van der Waals surface area (Å²) in [5.41, 5.74) is 0.243. The van der Waals surface area contributed by atoms with Crippen LogP contribution in [-0.2, 0) is 16.1 Å². The van der Waals surface area contributed by atoms with E-state index in [1.165, 1.54) is 0 Å². The molecule has 9 nitrogen and oxygen atoms in total. The van der Waals surface area contributed by atoms with Crippen molar-refractivity contribution >= 4 is 22.7 Å². The van der Waals surface area contributed by atoms with E-state index in [0.29, 0.717) is 48.5 Å². The molecule has 3 atom stereocenters. The predicted octanol–water partition coefficient (Wildman–Crippen LogP) is 2.19. The molecule has 0 saturated carbocycles. The first-order chi connectivity index (χ1) is 15.9. The van der Waals surface area contributed by atoms with Gasteiger partial charge in [-0.1, -0.05) is 20.3 Å². The van der Waals surface area contributed by atoms with Crippen molar-refractivity contribution in [3.05, 3.63) is 34.1 Å². The summed E-state index contributed by atoms with van der Waals surface area (Å²) in [5, 5.41) is 6.08. The topological polar surface area (TPSA) is 108 Å². The zero-order valence-corrected chi connectivity index (χ0v) is 19.3. The molecule has 2 aliphatic heterocycles. The minimum absolute atomic E-state index is 0.00686. The van der Waals surface area contributed by atoms with Crippen LogP contribution in [-0.4, -0.2) is 48.5 Å².